The van der Waals surface area contributed by atoms with E-state index in [4.69, 9.17) is 5.73 Å². The van der Waals surface area contributed by atoms with Crippen LogP contribution < -0.4 is 11.1 Å². The Hall–Kier alpha value is -1.40. The molecule has 1 aliphatic heterocycles. The van der Waals surface area contributed by atoms with Gasteiger partial charge in [-0.3, -0.25) is 14.5 Å². The van der Waals surface area contributed by atoms with Crippen molar-refractivity contribution in [3.05, 3.63) is 12.7 Å². The molecular weight excluding hydrogens is 256 g/mol. The number of nitrogens with one attached hydrogen (secondary N) is 1. The van der Waals surface area contributed by atoms with Gasteiger partial charge >= 0.3 is 0 Å². The van der Waals surface area contributed by atoms with Crippen molar-refractivity contribution in [2.45, 2.75) is 25.8 Å². The van der Waals surface area contributed by atoms with E-state index < -0.39 is 0 Å². The fraction of sp³-hybridized carbons (Fsp3) is 0.714. The third-order valence-corrected chi connectivity index (χ3v) is 3.35. The zero-order valence-electron chi connectivity index (χ0n) is 12.3. The molecule has 0 spiro atoms. The second-order valence-corrected chi connectivity index (χ2v) is 5.27. The molecule has 0 aromatic heterocycles. The fourth-order valence-corrected chi connectivity index (χ4v) is 2.11. The van der Waals surface area contributed by atoms with E-state index in [1.807, 2.05) is 11.8 Å². The lowest BCUT2D eigenvalue weighted by Crippen LogP contribution is -2.51. The first kappa shape index (κ1) is 16.7. The molecule has 6 heteroatoms. The van der Waals surface area contributed by atoms with Crippen molar-refractivity contribution in [1.29, 1.82) is 0 Å². The zero-order valence-corrected chi connectivity index (χ0v) is 12.3. The molecule has 0 aliphatic carbocycles. The van der Waals surface area contributed by atoms with Crippen LogP contribution in [-0.2, 0) is 9.59 Å². The molecule has 0 saturated carbocycles. The van der Waals surface area contributed by atoms with Crippen LogP contribution in [0.2, 0.25) is 0 Å². The number of hydrogen-bond donors (Lipinski definition) is 2. The molecule has 1 atom stereocenters. The molecule has 20 heavy (non-hydrogen) atoms. The summed E-state index contributed by atoms with van der Waals surface area (Å²) in [4.78, 5) is 27.4. The molecule has 2 amide bonds. The van der Waals surface area contributed by atoms with Gasteiger partial charge in [0.1, 0.15) is 0 Å². The summed E-state index contributed by atoms with van der Waals surface area (Å²) in [7, 11) is 0. The smallest absolute Gasteiger partial charge is 0.234 e. The summed E-state index contributed by atoms with van der Waals surface area (Å²) in [5, 5.41) is 2.75. The molecule has 114 valence electrons. The van der Waals surface area contributed by atoms with Crippen molar-refractivity contribution in [2.75, 3.05) is 39.3 Å². The van der Waals surface area contributed by atoms with Crippen LogP contribution in [0.5, 0.6) is 0 Å². The van der Waals surface area contributed by atoms with Crippen LogP contribution in [0.15, 0.2) is 12.7 Å². The first-order valence-electron chi connectivity index (χ1n) is 7.16. The van der Waals surface area contributed by atoms with Crippen LogP contribution in [0, 0.1) is 0 Å². The maximum Gasteiger partial charge on any atom is 0.234 e. The predicted octanol–water partition coefficient (Wildman–Crippen LogP) is -0.440. The average molecular weight is 282 g/mol. The lowest BCUT2D eigenvalue weighted by atomic mass is 10.1. The summed E-state index contributed by atoms with van der Waals surface area (Å²) in [5.74, 6) is 0.166. The monoisotopic (exact) mass is 282 g/mol. The third-order valence-electron chi connectivity index (χ3n) is 3.35. The molecule has 3 N–H and O–H groups in total. The van der Waals surface area contributed by atoms with Crippen LogP contribution in [0.3, 0.4) is 0 Å². The van der Waals surface area contributed by atoms with E-state index in [0.29, 0.717) is 32.6 Å². The van der Waals surface area contributed by atoms with Crippen molar-refractivity contribution in [3.63, 3.8) is 0 Å². The minimum Gasteiger partial charge on any atom is -0.352 e. The highest BCUT2D eigenvalue weighted by Crippen LogP contribution is 2.05. The summed E-state index contributed by atoms with van der Waals surface area (Å²) in [6.07, 6.45) is 2.90. The van der Waals surface area contributed by atoms with Gasteiger partial charge in [-0.2, -0.15) is 0 Å². The summed E-state index contributed by atoms with van der Waals surface area (Å²) in [5.41, 5.74) is 5.66. The van der Waals surface area contributed by atoms with Crippen LogP contribution >= 0.6 is 0 Å². The van der Waals surface area contributed by atoms with Gasteiger partial charge < -0.3 is 16.0 Å². The maximum absolute atomic E-state index is 11.9. The van der Waals surface area contributed by atoms with Crippen LogP contribution in [0.4, 0.5) is 0 Å². The third kappa shape index (κ3) is 6.16. The van der Waals surface area contributed by atoms with E-state index in [9.17, 15) is 9.59 Å². The first-order valence-corrected chi connectivity index (χ1v) is 7.16. The topological polar surface area (TPSA) is 78.7 Å². The standard InChI is InChI=1S/C14H26N4O2/c1-3-6-16-13(19)11-17-7-9-18(10-8-17)14(20)5-4-12(2)15/h3,12H,1,4-11,15H2,2H3,(H,16,19). The van der Waals surface area contributed by atoms with Crippen molar-refractivity contribution in [1.82, 2.24) is 15.1 Å². The van der Waals surface area contributed by atoms with E-state index in [1.54, 1.807) is 6.08 Å². The summed E-state index contributed by atoms with van der Waals surface area (Å²) in [6, 6.07) is 0.0637. The molecule has 0 bridgehead atoms. The van der Waals surface area contributed by atoms with Gasteiger partial charge in [-0.25, -0.2) is 0 Å². The van der Waals surface area contributed by atoms with Gasteiger partial charge in [-0.15, -0.1) is 6.58 Å². The largest absolute Gasteiger partial charge is 0.352 e. The highest BCUT2D eigenvalue weighted by atomic mass is 16.2. The van der Waals surface area contributed by atoms with Crippen molar-refractivity contribution in [3.8, 4) is 0 Å². The molecule has 1 fully saturated rings. The quantitative estimate of drug-likeness (QED) is 0.621. The molecule has 6 nitrogen and oxygen atoms in total. The minimum atomic E-state index is 0.00151. The number of nitrogens with two attached hydrogens (primary N) is 1. The van der Waals surface area contributed by atoms with Gasteiger partial charge in [0.05, 0.1) is 6.54 Å². The maximum atomic E-state index is 11.9. The Balaban J connectivity index is 2.24. The van der Waals surface area contributed by atoms with Gasteiger partial charge in [-0.1, -0.05) is 6.08 Å². The Morgan fingerprint density at radius 1 is 1.35 bits per heavy atom. The SMILES string of the molecule is C=CCNC(=O)CN1CCN(C(=O)CCC(C)N)CC1. The Morgan fingerprint density at radius 2 is 2.00 bits per heavy atom. The van der Waals surface area contributed by atoms with E-state index in [-0.39, 0.29) is 17.9 Å². The van der Waals surface area contributed by atoms with Crippen molar-refractivity contribution in [2.24, 2.45) is 5.73 Å². The highest BCUT2D eigenvalue weighted by molar-refractivity contribution is 5.78. The highest BCUT2D eigenvalue weighted by Gasteiger charge is 2.22. The number of hydrogen-bond acceptors (Lipinski definition) is 4. The number of carbonyl (C=O) groups is 2. The Kier molecular flexibility index (Phi) is 7.25. The van der Waals surface area contributed by atoms with E-state index in [1.165, 1.54) is 0 Å². The average Bonchev–Trinajstić information content (AvgIpc) is 2.43. The molecule has 1 rings (SSSR count). The molecule has 1 unspecified atom stereocenters. The second-order valence-electron chi connectivity index (χ2n) is 5.27. The van der Waals surface area contributed by atoms with E-state index >= 15 is 0 Å². The number of carbonyl (C=O) groups excluding carboxylic acids is 2. The number of rotatable bonds is 7. The van der Waals surface area contributed by atoms with Crippen molar-refractivity contribution >= 4 is 11.8 Å². The van der Waals surface area contributed by atoms with Gasteiger partial charge in [0.15, 0.2) is 0 Å². The molecule has 0 aromatic rings. The van der Waals surface area contributed by atoms with Gasteiger partial charge in [0.2, 0.25) is 11.8 Å². The predicted molar refractivity (Wildman–Crippen MR) is 79.1 cm³/mol. The molecule has 0 radical (unpaired) electrons. The number of amides is 2. The Bertz CT molecular complexity index is 336. The van der Waals surface area contributed by atoms with Crippen LogP contribution in [0.1, 0.15) is 19.8 Å². The Morgan fingerprint density at radius 3 is 2.55 bits per heavy atom. The summed E-state index contributed by atoms with van der Waals surface area (Å²) >= 11 is 0. The first-order chi connectivity index (χ1) is 9.52. The van der Waals surface area contributed by atoms with E-state index in [0.717, 1.165) is 19.5 Å². The molecule has 1 aliphatic rings. The Labute approximate surface area is 121 Å². The number of nitrogens with zero attached hydrogens (tertiary/aromatic N) is 2. The lowest BCUT2D eigenvalue weighted by Gasteiger charge is -2.34. The summed E-state index contributed by atoms with van der Waals surface area (Å²) in [6.45, 7) is 9.20. The van der Waals surface area contributed by atoms with Gasteiger partial charge in [0, 0.05) is 45.2 Å². The summed E-state index contributed by atoms with van der Waals surface area (Å²) < 4.78 is 0. The molecule has 1 heterocycles. The number of piperazine rings is 1. The van der Waals surface area contributed by atoms with E-state index in [2.05, 4.69) is 16.8 Å². The fourth-order valence-electron chi connectivity index (χ4n) is 2.11. The van der Waals surface area contributed by atoms with Crippen LogP contribution in [-0.4, -0.2) is 66.9 Å². The second kappa shape index (κ2) is 8.71. The van der Waals surface area contributed by atoms with Crippen molar-refractivity contribution < 1.29 is 9.59 Å². The van der Waals surface area contributed by atoms with Gasteiger partial charge in [0.25, 0.3) is 0 Å². The van der Waals surface area contributed by atoms with Crippen LogP contribution in [0.25, 0.3) is 0 Å². The minimum absolute atomic E-state index is 0.00151. The zero-order chi connectivity index (χ0) is 15.0. The molecule has 0 aromatic carbocycles. The molecule has 1 saturated heterocycles. The van der Waals surface area contributed by atoms with Gasteiger partial charge in [-0.05, 0) is 13.3 Å². The normalized spacial score (nSPS) is 17.6. The molecular formula is C14H26N4O2. The lowest BCUT2D eigenvalue weighted by molar-refractivity contribution is -0.133.